The zero-order chi connectivity index (χ0) is 10.7. The van der Waals surface area contributed by atoms with Gasteiger partial charge >= 0.3 is 0 Å². The van der Waals surface area contributed by atoms with Crippen LogP contribution in [0, 0.1) is 17.5 Å². The Labute approximate surface area is 80.0 Å². The molecule has 0 aromatic heterocycles. The highest BCUT2D eigenvalue weighted by atomic mass is 19.1. The van der Waals surface area contributed by atoms with Crippen molar-refractivity contribution >= 4 is 6.08 Å². The average molecular weight is 201 g/mol. The summed E-state index contributed by atoms with van der Waals surface area (Å²) in [6.45, 7) is 1.66. The molecule has 1 atom stereocenters. The van der Waals surface area contributed by atoms with E-state index >= 15 is 0 Å². The number of hydrogen-bond acceptors (Lipinski definition) is 1. The Balaban J connectivity index is 3.09. The fourth-order valence-electron chi connectivity index (χ4n) is 0.961. The summed E-state index contributed by atoms with van der Waals surface area (Å²) in [5.41, 5.74) is 5.09. The molecule has 0 heterocycles. The van der Waals surface area contributed by atoms with Crippen LogP contribution in [0.5, 0.6) is 0 Å². The molecule has 0 bridgehead atoms. The number of halogens is 3. The maximum atomic E-state index is 13.0. The molecule has 2 N–H and O–H groups in total. The van der Waals surface area contributed by atoms with E-state index in [0.717, 1.165) is 0 Å². The molecule has 1 aromatic rings. The highest BCUT2D eigenvalue weighted by Crippen LogP contribution is 2.16. The molecule has 0 aliphatic rings. The monoisotopic (exact) mass is 201 g/mol. The van der Waals surface area contributed by atoms with E-state index in [9.17, 15) is 13.2 Å². The van der Waals surface area contributed by atoms with Crippen molar-refractivity contribution in [2.24, 2.45) is 5.73 Å². The van der Waals surface area contributed by atoms with Gasteiger partial charge in [0.05, 0.1) is 0 Å². The van der Waals surface area contributed by atoms with Gasteiger partial charge < -0.3 is 5.73 Å². The molecule has 0 saturated heterocycles. The average Bonchev–Trinajstić information content (AvgIpc) is 2.01. The van der Waals surface area contributed by atoms with Gasteiger partial charge in [-0.2, -0.15) is 0 Å². The summed E-state index contributed by atoms with van der Waals surface area (Å²) in [6.07, 6.45) is 2.63. The molecule has 1 nitrogen and oxygen atoms in total. The van der Waals surface area contributed by atoms with Crippen LogP contribution in [0.15, 0.2) is 18.2 Å². The van der Waals surface area contributed by atoms with Gasteiger partial charge in [-0.1, -0.05) is 12.2 Å². The maximum Gasteiger partial charge on any atom is 0.136 e. The number of rotatable bonds is 2. The second-order valence-corrected chi connectivity index (χ2v) is 3.00. The van der Waals surface area contributed by atoms with Gasteiger partial charge in [0.2, 0.25) is 0 Å². The molecule has 0 amide bonds. The summed E-state index contributed by atoms with van der Waals surface area (Å²) < 4.78 is 38.5. The first-order valence-corrected chi connectivity index (χ1v) is 4.09. The van der Waals surface area contributed by atoms with Crippen molar-refractivity contribution in [1.29, 1.82) is 0 Å². The van der Waals surface area contributed by atoms with Crippen LogP contribution < -0.4 is 5.73 Å². The van der Waals surface area contributed by atoms with E-state index in [-0.39, 0.29) is 11.6 Å². The Morgan fingerprint density at radius 2 is 1.71 bits per heavy atom. The Morgan fingerprint density at radius 1 is 1.21 bits per heavy atom. The van der Waals surface area contributed by atoms with Crippen LogP contribution in [0.2, 0.25) is 0 Å². The van der Waals surface area contributed by atoms with E-state index in [1.54, 1.807) is 6.92 Å². The molecular formula is C10H10F3N. The predicted molar refractivity (Wildman–Crippen MR) is 49.0 cm³/mol. The van der Waals surface area contributed by atoms with Crippen LogP contribution in [0.1, 0.15) is 12.5 Å². The van der Waals surface area contributed by atoms with Gasteiger partial charge in [-0.05, 0) is 6.92 Å². The highest BCUT2D eigenvalue weighted by molar-refractivity contribution is 5.51. The Morgan fingerprint density at radius 3 is 2.14 bits per heavy atom. The van der Waals surface area contributed by atoms with Crippen molar-refractivity contribution in [2.45, 2.75) is 13.0 Å². The van der Waals surface area contributed by atoms with E-state index in [0.29, 0.717) is 12.1 Å². The molecule has 1 rings (SSSR count). The molecule has 0 aliphatic carbocycles. The maximum absolute atomic E-state index is 13.0. The number of hydrogen-bond donors (Lipinski definition) is 1. The molecular weight excluding hydrogens is 191 g/mol. The van der Waals surface area contributed by atoms with Gasteiger partial charge in [0, 0.05) is 23.7 Å². The first-order valence-electron chi connectivity index (χ1n) is 4.09. The highest BCUT2D eigenvalue weighted by Gasteiger charge is 2.08. The van der Waals surface area contributed by atoms with Crippen LogP contribution in [0.25, 0.3) is 6.08 Å². The molecule has 1 aromatic carbocycles. The van der Waals surface area contributed by atoms with E-state index in [1.807, 2.05) is 0 Å². The first-order chi connectivity index (χ1) is 6.50. The minimum atomic E-state index is -0.932. The van der Waals surface area contributed by atoms with Crippen LogP contribution in [-0.4, -0.2) is 6.04 Å². The van der Waals surface area contributed by atoms with Gasteiger partial charge in [0.1, 0.15) is 17.5 Å². The molecule has 0 fully saturated rings. The molecule has 0 spiro atoms. The molecule has 14 heavy (non-hydrogen) atoms. The summed E-state index contributed by atoms with van der Waals surface area (Å²) in [7, 11) is 0. The lowest BCUT2D eigenvalue weighted by Crippen LogP contribution is -2.10. The third-order valence-electron chi connectivity index (χ3n) is 1.61. The van der Waals surface area contributed by atoms with Crippen molar-refractivity contribution in [1.82, 2.24) is 0 Å². The first kappa shape index (κ1) is 10.8. The van der Waals surface area contributed by atoms with E-state index in [1.165, 1.54) is 12.2 Å². The summed E-state index contributed by atoms with van der Waals surface area (Å²) in [5, 5.41) is 0. The van der Waals surface area contributed by atoms with Crippen molar-refractivity contribution in [2.75, 3.05) is 0 Å². The molecule has 0 radical (unpaired) electrons. The fraction of sp³-hybridized carbons (Fsp3) is 0.200. The molecule has 1 unspecified atom stereocenters. The Kier molecular flexibility index (Phi) is 3.30. The Bertz CT molecular complexity index is 335. The predicted octanol–water partition coefficient (Wildman–Crippen LogP) is 2.46. The van der Waals surface area contributed by atoms with Gasteiger partial charge in [-0.3, -0.25) is 0 Å². The minimum absolute atomic E-state index is 0.274. The van der Waals surface area contributed by atoms with Crippen LogP contribution >= 0.6 is 0 Å². The van der Waals surface area contributed by atoms with Crippen LogP contribution in [0.3, 0.4) is 0 Å². The Hall–Kier alpha value is -1.29. The van der Waals surface area contributed by atoms with E-state index < -0.39 is 17.5 Å². The minimum Gasteiger partial charge on any atom is -0.325 e. The third kappa shape index (κ3) is 2.60. The zero-order valence-electron chi connectivity index (χ0n) is 7.60. The van der Waals surface area contributed by atoms with Gasteiger partial charge in [0.15, 0.2) is 0 Å². The fourth-order valence-corrected chi connectivity index (χ4v) is 0.961. The topological polar surface area (TPSA) is 26.0 Å². The second kappa shape index (κ2) is 4.28. The van der Waals surface area contributed by atoms with Gasteiger partial charge in [0.25, 0.3) is 0 Å². The van der Waals surface area contributed by atoms with Crippen molar-refractivity contribution in [3.05, 3.63) is 41.2 Å². The second-order valence-electron chi connectivity index (χ2n) is 3.00. The van der Waals surface area contributed by atoms with Gasteiger partial charge in [-0.25, -0.2) is 13.2 Å². The molecule has 4 heteroatoms. The molecule has 0 saturated carbocycles. The smallest absolute Gasteiger partial charge is 0.136 e. The van der Waals surface area contributed by atoms with Crippen molar-refractivity contribution < 1.29 is 13.2 Å². The summed E-state index contributed by atoms with van der Waals surface area (Å²) in [6, 6.07) is 0.951. The van der Waals surface area contributed by atoms with E-state index in [2.05, 4.69) is 0 Å². The number of nitrogens with two attached hydrogens (primary N) is 1. The van der Waals surface area contributed by atoms with Crippen LogP contribution in [0.4, 0.5) is 13.2 Å². The molecule has 76 valence electrons. The summed E-state index contributed by atoms with van der Waals surface area (Å²) in [4.78, 5) is 0. The largest absolute Gasteiger partial charge is 0.325 e. The zero-order valence-corrected chi connectivity index (χ0v) is 7.60. The lowest BCUT2D eigenvalue weighted by molar-refractivity contribution is 0.540. The number of benzene rings is 1. The SMILES string of the molecule is CC(N)/C=C/c1c(F)cc(F)cc1F. The van der Waals surface area contributed by atoms with Crippen LogP contribution in [-0.2, 0) is 0 Å². The standard InChI is InChI=1S/C10H10F3N/c1-6(14)2-3-8-9(12)4-7(11)5-10(8)13/h2-6H,14H2,1H3/b3-2+. The third-order valence-corrected chi connectivity index (χ3v) is 1.61. The van der Waals surface area contributed by atoms with Crippen molar-refractivity contribution in [3.63, 3.8) is 0 Å². The lowest BCUT2D eigenvalue weighted by atomic mass is 10.1. The van der Waals surface area contributed by atoms with Gasteiger partial charge in [-0.15, -0.1) is 0 Å². The van der Waals surface area contributed by atoms with Crippen molar-refractivity contribution in [3.8, 4) is 0 Å². The van der Waals surface area contributed by atoms with E-state index in [4.69, 9.17) is 5.73 Å². The summed E-state index contributed by atoms with van der Waals surface area (Å²) >= 11 is 0. The summed E-state index contributed by atoms with van der Waals surface area (Å²) in [5.74, 6) is -2.79. The quantitative estimate of drug-likeness (QED) is 0.781. The normalized spacial score (nSPS) is 13.5. The molecule has 0 aliphatic heterocycles. The lowest BCUT2D eigenvalue weighted by Gasteiger charge is -2.00.